The Balaban J connectivity index is 0. The summed E-state index contributed by atoms with van der Waals surface area (Å²) in [6, 6.07) is 0. The third-order valence-electron chi connectivity index (χ3n) is 0.824. The van der Waals surface area contributed by atoms with E-state index in [0.29, 0.717) is 0 Å². The van der Waals surface area contributed by atoms with Crippen LogP contribution in [0, 0.1) is 0 Å². The molecular weight excluding hydrogens is 294 g/mol. The summed E-state index contributed by atoms with van der Waals surface area (Å²) in [4.78, 5) is 63.7. The van der Waals surface area contributed by atoms with Crippen LogP contribution in [0.2, 0.25) is 0 Å². The molecule has 0 aromatic heterocycles. The van der Waals surface area contributed by atoms with Gasteiger partial charge in [-0.05, 0) is 24.3 Å². The fourth-order valence-electron chi connectivity index (χ4n) is 0.440. The SMILES string of the molecule is O=C1C=CC(=O)C=C1.O=P(O)(O)O.O=P(O)(O)O. The van der Waals surface area contributed by atoms with Crippen LogP contribution < -0.4 is 0 Å². The predicted molar refractivity (Wildman–Crippen MR) is 56.8 cm³/mol. The highest BCUT2D eigenvalue weighted by Crippen LogP contribution is 2.26. The molecule has 1 rings (SSSR count). The van der Waals surface area contributed by atoms with Gasteiger partial charge in [-0.15, -0.1) is 0 Å². The number of carbonyl (C=O) groups is 2. The van der Waals surface area contributed by atoms with E-state index in [4.69, 9.17) is 38.5 Å². The zero-order valence-electron chi connectivity index (χ0n) is 8.52. The minimum absolute atomic E-state index is 0.121. The van der Waals surface area contributed by atoms with E-state index < -0.39 is 15.6 Å². The lowest BCUT2D eigenvalue weighted by atomic mass is 10.2. The van der Waals surface area contributed by atoms with Gasteiger partial charge >= 0.3 is 15.6 Å². The highest BCUT2D eigenvalue weighted by Gasteiger charge is 2.00. The summed E-state index contributed by atoms with van der Waals surface area (Å²) in [5, 5.41) is 0. The van der Waals surface area contributed by atoms with Gasteiger partial charge in [0.1, 0.15) is 0 Å². The third-order valence-corrected chi connectivity index (χ3v) is 0.824. The Morgan fingerprint density at radius 3 is 0.833 bits per heavy atom. The van der Waals surface area contributed by atoms with Gasteiger partial charge in [-0.25, -0.2) is 9.13 Å². The van der Waals surface area contributed by atoms with Gasteiger partial charge in [0.05, 0.1) is 0 Å². The Bertz CT molecular complexity index is 363. The number of allylic oxidation sites excluding steroid dienone is 4. The first-order valence-corrected chi connectivity index (χ1v) is 6.93. The molecule has 0 aromatic rings. The molecule has 12 heteroatoms. The molecule has 0 aromatic carbocycles. The van der Waals surface area contributed by atoms with Crippen LogP contribution in [0.5, 0.6) is 0 Å². The molecule has 18 heavy (non-hydrogen) atoms. The van der Waals surface area contributed by atoms with Crippen LogP contribution in [0.15, 0.2) is 24.3 Å². The zero-order valence-corrected chi connectivity index (χ0v) is 10.3. The minimum Gasteiger partial charge on any atom is -0.303 e. The van der Waals surface area contributed by atoms with E-state index in [1.54, 1.807) is 0 Å². The second-order valence-corrected chi connectivity index (χ2v) is 4.55. The largest absolute Gasteiger partial charge is 0.466 e. The molecule has 6 N–H and O–H groups in total. The van der Waals surface area contributed by atoms with Crippen LogP contribution in [0.3, 0.4) is 0 Å². The van der Waals surface area contributed by atoms with E-state index >= 15 is 0 Å². The molecule has 1 aliphatic rings. The summed E-state index contributed by atoms with van der Waals surface area (Å²) in [5.41, 5.74) is 0. The van der Waals surface area contributed by atoms with Crippen LogP contribution in [0.4, 0.5) is 0 Å². The van der Waals surface area contributed by atoms with E-state index in [0.717, 1.165) is 0 Å². The monoisotopic (exact) mass is 304 g/mol. The van der Waals surface area contributed by atoms with Crippen molar-refractivity contribution >= 4 is 27.2 Å². The smallest absolute Gasteiger partial charge is 0.303 e. The number of hydrogen-bond donors (Lipinski definition) is 6. The number of phosphoric acid groups is 2. The Morgan fingerprint density at radius 1 is 0.611 bits per heavy atom. The van der Waals surface area contributed by atoms with Crippen molar-refractivity contribution in [1.82, 2.24) is 0 Å². The number of ketones is 2. The van der Waals surface area contributed by atoms with Gasteiger partial charge in [-0.2, -0.15) is 0 Å². The van der Waals surface area contributed by atoms with Crippen molar-refractivity contribution in [2.45, 2.75) is 0 Å². The van der Waals surface area contributed by atoms with Crippen molar-refractivity contribution < 1.29 is 48.1 Å². The molecule has 10 nitrogen and oxygen atoms in total. The molecule has 0 bridgehead atoms. The molecule has 0 radical (unpaired) electrons. The maximum Gasteiger partial charge on any atom is 0.466 e. The molecule has 0 amide bonds. The van der Waals surface area contributed by atoms with Crippen molar-refractivity contribution in [2.75, 3.05) is 0 Å². The van der Waals surface area contributed by atoms with E-state index in [1.165, 1.54) is 24.3 Å². The lowest BCUT2D eigenvalue weighted by Crippen LogP contribution is -1.97. The molecule has 0 heterocycles. The summed E-state index contributed by atoms with van der Waals surface area (Å²) in [7, 11) is -9.28. The highest BCUT2D eigenvalue weighted by atomic mass is 31.2. The fraction of sp³-hybridized carbons (Fsp3) is 0. The summed E-state index contributed by atoms with van der Waals surface area (Å²) in [6.07, 6.45) is 5.01. The Kier molecular flexibility index (Phi) is 8.83. The lowest BCUT2D eigenvalue weighted by molar-refractivity contribution is -0.113. The molecule has 0 saturated carbocycles. The van der Waals surface area contributed by atoms with Gasteiger partial charge < -0.3 is 29.4 Å². The van der Waals surface area contributed by atoms with Crippen LogP contribution in [0.25, 0.3) is 0 Å². The van der Waals surface area contributed by atoms with Crippen LogP contribution >= 0.6 is 15.6 Å². The van der Waals surface area contributed by atoms with Gasteiger partial charge in [0.2, 0.25) is 0 Å². The van der Waals surface area contributed by atoms with E-state index in [-0.39, 0.29) is 11.6 Å². The number of hydrogen-bond acceptors (Lipinski definition) is 4. The van der Waals surface area contributed by atoms with Crippen molar-refractivity contribution in [2.24, 2.45) is 0 Å². The van der Waals surface area contributed by atoms with Crippen molar-refractivity contribution in [3.8, 4) is 0 Å². The average Bonchev–Trinajstić information content (AvgIpc) is 2.04. The third kappa shape index (κ3) is 36.3. The molecule has 0 spiro atoms. The Hall–Kier alpha value is -0.960. The molecule has 104 valence electrons. The first-order valence-electron chi connectivity index (χ1n) is 3.79. The van der Waals surface area contributed by atoms with Crippen LogP contribution in [0.1, 0.15) is 0 Å². The van der Waals surface area contributed by atoms with Gasteiger partial charge in [0.15, 0.2) is 11.6 Å². The normalized spacial score (nSPS) is 14.3. The number of rotatable bonds is 0. The predicted octanol–water partition coefficient (Wildman–Crippen LogP) is -1.61. The van der Waals surface area contributed by atoms with E-state index in [2.05, 4.69) is 0 Å². The quantitative estimate of drug-likeness (QED) is 0.224. The topological polar surface area (TPSA) is 190 Å². The molecule has 0 unspecified atom stereocenters. The average molecular weight is 304 g/mol. The van der Waals surface area contributed by atoms with Crippen molar-refractivity contribution in [3.63, 3.8) is 0 Å². The summed E-state index contributed by atoms with van der Waals surface area (Å²) in [6.45, 7) is 0. The minimum atomic E-state index is -4.64. The maximum atomic E-state index is 10.3. The summed E-state index contributed by atoms with van der Waals surface area (Å²) >= 11 is 0. The van der Waals surface area contributed by atoms with Gasteiger partial charge in [-0.1, -0.05) is 0 Å². The first kappa shape index (κ1) is 19.4. The molecule has 0 atom stereocenters. The second-order valence-electron chi connectivity index (χ2n) is 2.50. The number of carbonyl (C=O) groups excluding carboxylic acids is 2. The van der Waals surface area contributed by atoms with E-state index in [1.807, 2.05) is 0 Å². The standard InChI is InChI=1S/C6H4O2.2H3O4P/c7-5-1-2-6(8)4-3-5;2*1-5(2,3)4/h1-4H;2*(H3,1,2,3,4). The van der Waals surface area contributed by atoms with Crippen molar-refractivity contribution in [3.05, 3.63) is 24.3 Å². The summed E-state index contributed by atoms with van der Waals surface area (Å²) in [5.74, 6) is -0.241. The van der Waals surface area contributed by atoms with Crippen LogP contribution in [-0.2, 0) is 18.7 Å². The lowest BCUT2D eigenvalue weighted by Gasteiger charge is -1.87. The zero-order chi connectivity index (χ0) is 15.0. The first-order chi connectivity index (χ1) is 7.79. The highest BCUT2D eigenvalue weighted by molar-refractivity contribution is 7.45. The molecular formula is C6H10O10P2. The van der Waals surface area contributed by atoms with E-state index in [9.17, 15) is 9.59 Å². The molecule has 0 saturated heterocycles. The summed E-state index contributed by atoms with van der Waals surface area (Å²) < 4.78 is 17.8. The van der Waals surface area contributed by atoms with Crippen LogP contribution in [-0.4, -0.2) is 40.9 Å². The Morgan fingerprint density at radius 2 is 0.722 bits per heavy atom. The molecule has 0 aliphatic heterocycles. The fourth-order valence-corrected chi connectivity index (χ4v) is 0.440. The van der Waals surface area contributed by atoms with Crippen molar-refractivity contribution in [1.29, 1.82) is 0 Å². The van der Waals surface area contributed by atoms with Gasteiger partial charge in [0, 0.05) is 0 Å². The van der Waals surface area contributed by atoms with Gasteiger partial charge in [0.25, 0.3) is 0 Å². The maximum absolute atomic E-state index is 10.3. The Labute approximate surface area is 100 Å². The van der Waals surface area contributed by atoms with Gasteiger partial charge in [-0.3, -0.25) is 9.59 Å². The molecule has 0 fully saturated rings. The second kappa shape index (κ2) is 8.20. The molecule has 1 aliphatic carbocycles.